The van der Waals surface area contributed by atoms with E-state index in [4.69, 9.17) is 12.2 Å². The molecule has 1 aromatic carbocycles. The SMILES string of the molecule is CC(C)c1cc(=S)nc(-c2ccc(F)cc2)[nH]1. The fraction of sp³-hybridized carbons (Fsp3) is 0.231. The van der Waals surface area contributed by atoms with Crippen LogP contribution in [0.3, 0.4) is 0 Å². The Morgan fingerprint density at radius 3 is 2.47 bits per heavy atom. The number of aromatic amines is 1. The van der Waals surface area contributed by atoms with Crippen LogP contribution in [0.1, 0.15) is 25.5 Å². The first-order chi connectivity index (χ1) is 8.06. The van der Waals surface area contributed by atoms with Gasteiger partial charge < -0.3 is 4.98 Å². The first-order valence-electron chi connectivity index (χ1n) is 5.43. The lowest BCUT2D eigenvalue weighted by molar-refractivity contribution is 0.628. The summed E-state index contributed by atoms with van der Waals surface area (Å²) in [5, 5.41) is 0. The lowest BCUT2D eigenvalue weighted by atomic mass is 10.1. The molecule has 2 nitrogen and oxygen atoms in total. The van der Waals surface area contributed by atoms with Crippen LogP contribution in [0.15, 0.2) is 30.3 Å². The number of hydrogen-bond donors (Lipinski definition) is 1. The number of halogens is 1. The summed E-state index contributed by atoms with van der Waals surface area (Å²) in [6, 6.07) is 8.05. The quantitative estimate of drug-likeness (QED) is 0.812. The summed E-state index contributed by atoms with van der Waals surface area (Å²) in [4.78, 5) is 7.47. The Balaban J connectivity index is 2.52. The van der Waals surface area contributed by atoms with Crippen molar-refractivity contribution in [3.8, 4) is 11.4 Å². The lowest BCUT2D eigenvalue weighted by Crippen LogP contribution is -1.97. The van der Waals surface area contributed by atoms with Crippen molar-refractivity contribution in [3.05, 3.63) is 46.5 Å². The molecule has 0 aliphatic rings. The maximum atomic E-state index is 12.8. The number of H-pyrrole nitrogens is 1. The molecule has 0 atom stereocenters. The first kappa shape index (κ1) is 11.9. The zero-order valence-electron chi connectivity index (χ0n) is 9.70. The molecule has 88 valence electrons. The van der Waals surface area contributed by atoms with Crippen molar-refractivity contribution < 1.29 is 4.39 Å². The van der Waals surface area contributed by atoms with Crippen molar-refractivity contribution in [2.45, 2.75) is 19.8 Å². The van der Waals surface area contributed by atoms with Crippen LogP contribution in [0.2, 0.25) is 0 Å². The van der Waals surface area contributed by atoms with E-state index >= 15 is 0 Å². The number of nitrogens with zero attached hydrogens (tertiary/aromatic N) is 1. The van der Waals surface area contributed by atoms with E-state index in [1.165, 1.54) is 12.1 Å². The van der Waals surface area contributed by atoms with E-state index in [0.717, 1.165) is 11.3 Å². The van der Waals surface area contributed by atoms with Crippen LogP contribution in [0.4, 0.5) is 4.39 Å². The van der Waals surface area contributed by atoms with Gasteiger partial charge in [0.05, 0.1) is 0 Å². The summed E-state index contributed by atoms with van der Waals surface area (Å²) in [6.07, 6.45) is 0. The van der Waals surface area contributed by atoms with Gasteiger partial charge in [-0.2, -0.15) is 0 Å². The Bertz CT molecular complexity index is 573. The Morgan fingerprint density at radius 2 is 1.88 bits per heavy atom. The third kappa shape index (κ3) is 2.77. The standard InChI is InChI=1S/C13H13FN2S/c1-8(2)11-7-12(17)16-13(15-11)9-3-5-10(14)6-4-9/h3-8H,1-2H3,(H,15,16,17). The van der Waals surface area contributed by atoms with Crippen LogP contribution in [0.5, 0.6) is 0 Å². The van der Waals surface area contributed by atoms with Gasteiger partial charge in [0.25, 0.3) is 0 Å². The second-order valence-corrected chi connectivity index (χ2v) is 4.60. The van der Waals surface area contributed by atoms with Crippen LogP contribution in [-0.2, 0) is 0 Å². The van der Waals surface area contributed by atoms with E-state index < -0.39 is 0 Å². The van der Waals surface area contributed by atoms with Gasteiger partial charge >= 0.3 is 0 Å². The highest BCUT2D eigenvalue weighted by Crippen LogP contribution is 2.18. The van der Waals surface area contributed by atoms with Crippen LogP contribution < -0.4 is 0 Å². The molecule has 0 radical (unpaired) electrons. The molecular formula is C13H13FN2S. The van der Waals surface area contributed by atoms with Crippen molar-refractivity contribution in [2.75, 3.05) is 0 Å². The maximum absolute atomic E-state index is 12.8. The Hall–Kier alpha value is -1.55. The van der Waals surface area contributed by atoms with Gasteiger partial charge in [0.1, 0.15) is 16.3 Å². The smallest absolute Gasteiger partial charge is 0.139 e. The molecule has 0 aliphatic heterocycles. The van der Waals surface area contributed by atoms with Crippen LogP contribution in [-0.4, -0.2) is 9.97 Å². The summed E-state index contributed by atoms with van der Waals surface area (Å²) in [5.41, 5.74) is 1.87. The lowest BCUT2D eigenvalue weighted by Gasteiger charge is -2.08. The van der Waals surface area contributed by atoms with Gasteiger partial charge in [-0.1, -0.05) is 26.1 Å². The predicted octanol–water partition coefficient (Wildman–Crippen LogP) is 4.07. The summed E-state index contributed by atoms with van der Waals surface area (Å²) < 4.78 is 13.4. The average Bonchev–Trinajstić information content (AvgIpc) is 2.29. The molecular weight excluding hydrogens is 235 g/mol. The molecule has 2 aromatic rings. The summed E-state index contributed by atoms with van der Waals surface area (Å²) in [6.45, 7) is 4.16. The minimum atomic E-state index is -0.257. The summed E-state index contributed by atoms with van der Waals surface area (Å²) >= 11 is 5.13. The molecule has 0 aliphatic carbocycles. The van der Waals surface area contributed by atoms with Crippen LogP contribution >= 0.6 is 12.2 Å². The van der Waals surface area contributed by atoms with E-state index in [2.05, 4.69) is 23.8 Å². The predicted molar refractivity (Wildman–Crippen MR) is 68.9 cm³/mol. The van der Waals surface area contributed by atoms with Gasteiger partial charge in [0.2, 0.25) is 0 Å². The fourth-order valence-corrected chi connectivity index (χ4v) is 1.75. The third-order valence-electron chi connectivity index (χ3n) is 2.50. The van der Waals surface area contributed by atoms with Crippen LogP contribution in [0, 0.1) is 10.5 Å². The molecule has 1 heterocycles. The van der Waals surface area contributed by atoms with Gasteiger partial charge in [-0.3, -0.25) is 0 Å². The fourth-order valence-electron chi connectivity index (χ4n) is 1.53. The molecule has 0 fully saturated rings. The van der Waals surface area contributed by atoms with Crippen molar-refractivity contribution in [1.82, 2.24) is 9.97 Å². The van der Waals surface area contributed by atoms with Crippen molar-refractivity contribution in [2.24, 2.45) is 0 Å². The minimum Gasteiger partial charge on any atom is -0.343 e. The Kier molecular flexibility index (Phi) is 3.33. The van der Waals surface area contributed by atoms with E-state index in [0.29, 0.717) is 16.4 Å². The number of rotatable bonds is 2. The largest absolute Gasteiger partial charge is 0.343 e. The maximum Gasteiger partial charge on any atom is 0.139 e. The molecule has 0 bridgehead atoms. The van der Waals surface area contributed by atoms with Crippen molar-refractivity contribution >= 4 is 12.2 Å². The molecule has 0 unspecified atom stereocenters. The van der Waals surface area contributed by atoms with Gasteiger partial charge in [0, 0.05) is 11.3 Å². The van der Waals surface area contributed by atoms with Gasteiger partial charge in [-0.25, -0.2) is 9.37 Å². The summed E-state index contributed by atoms with van der Waals surface area (Å²) in [5.74, 6) is 0.771. The number of benzene rings is 1. The molecule has 1 aromatic heterocycles. The Morgan fingerprint density at radius 1 is 1.24 bits per heavy atom. The zero-order chi connectivity index (χ0) is 12.4. The second kappa shape index (κ2) is 4.75. The number of nitrogens with one attached hydrogen (secondary N) is 1. The van der Waals surface area contributed by atoms with Crippen molar-refractivity contribution in [1.29, 1.82) is 0 Å². The minimum absolute atomic E-state index is 0.257. The highest BCUT2D eigenvalue weighted by molar-refractivity contribution is 7.71. The molecule has 0 saturated heterocycles. The number of aromatic nitrogens is 2. The number of hydrogen-bond acceptors (Lipinski definition) is 2. The van der Waals surface area contributed by atoms with Crippen molar-refractivity contribution in [3.63, 3.8) is 0 Å². The van der Waals surface area contributed by atoms with Gasteiger partial charge in [0.15, 0.2) is 0 Å². The van der Waals surface area contributed by atoms with E-state index in [1.807, 2.05) is 6.07 Å². The van der Waals surface area contributed by atoms with Gasteiger partial charge in [-0.15, -0.1) is 0 Å². The van der Waals surface area contributed by atoms with Gasteiger partial charge in [-0.05, 0) is 36.2 Å². The van der Waals surface area contributed by atoms with Crippen LogP contribution in [0.25, 0.3) is 11.4 Å². The second-order valence-electron chi connectivity index (χ2n) is 4.18. The molecule has 2 rings (SSSR count). The zero-order valence-corrected chi connectivity index (χ0v) is 10.5. The first-order valence-corrected chi connectivity index (χ1v) is 5.84. The topological polar surface area (TPSA) is 28.7 Å². The highest BCUT2D eigenvalue weighted by atomic mass is 32.1. The average molecular weight is 248 g/mol. The van der Waals surface area contributed by atoms with E-state index in [1.54, 1.807) is 12.1 Å². The van der Waals surface area contributed by atoms with E-state index in [9.17, 15) is 4.39 Å². The van der Waals surface area contributed by atoms with E-state index in [-0.39, 0.29) is 5.82 Å². The normalized spacial score (nSPS) is 10.8. The molecule has 1 N–H and O–H groups in total. The highest BCUT2D eigenvalue weighted by Gasteiger charge is 2.05. The Labute approximate surface area is 105 Å². The third-order valence-corrected chi connectivity index (χ3v) is 2.71. The molecule has 17 heavy (non-hydrogen) atoms. The summed E-state index contributed by atoms with van der Waals surface area (Å²) in [7, 11) is 0. The molecule has 0 spiro atoms. The molecule has 4 heteroatoms. The molecule has 0 amide bonds. The monoisotopic (exact) mass is 248 g/mol. The molecule has 0 saturated carbocycles.